The second kappa shape index (κ2) is 6.44. The Labute approximate surface area is 122 Å². The third-order valence-electron chi connectivity index (χ3n) is 4.90. The highest BCUT2D eigenvalue weighted by Gasteiger charge is 2.52. The number of rotatable bonds is 7. The van der Waals surface area contributed by atoms with Crippen molar-refractivity contribution >= 4 is 5.97 Å². The van der Waals surface area contributed by atoms with Gasteiger partial charge in [-0.05, 0) is 52.5 Å². The van der Waals surface area contributed by atoms with E-state index in [-0.39, 0.29) is 6.04 Å². The molecule has 20 heavy (non-hydrogen) atoms. The van der Waals surface area contributed by atoms with Crippen LogP contribution in [0.1, 0.15) is 58.8 Å². The number of hydrogen-bond donors (Lipinski definition) is 2. The second-order valence-corrected chi connectivity index (χ2v) is 7.06. The molecule has 2 saturated carbocycles. The summed E-state index contributed by atoms with van der Waals surface area (Å²) in [6, 6.07) is 0.765. The fraction of sp³-hybridized carbons (Fsp3) is 0.938. The molecule has 2 fully saturated rings. The van der Waals surface area contributed by atoms with Gasteiger partial charge in [0, 0.05) is 18.6 Å². The minimum atomic E-state index is -0.750. The first-order valence-electron chi connectivity index (χ1n) is 8.17. The Morgan fingerprint density at radius 2 is 1.85 bits per heavy atom. The number of aliphatic carboxylic acids is 1. The summed E-state index contributed by atoms with van der Waals surface area (Å²) < 4.78 is 0. The zero-order valence-corrected chi connectivity index (χ0v) is 13.2. The minimum Gasteiger partial charge on any atom is -0.480 e. The van der Waals surface area contributed by atoms with E-state index in [9.17, 15) is 9.90 Å². The van der Waals surface area contributed by atoms with Gasteiger partial charge in [0.15, 0.2) is 0 Å². The van der Waals surface area contributed by atoms with Crippen LogP contribution in [0.5, 0.6) is 0 Å². The standard InChI is InChI=1S/C16H30N2O2/c1-12(2)17-16(15(19)20,13-9-10-13)11-18(3)14-7-5-4-6-8-14/h12-14,17H,4-11H2,1-3H3,(H,19,20). The van der Waals surface area contributed by atoms with E-state index in [4.69, 9.17) is 0 Å². The van der Waals surface area contributed by atoms with Crippen molar-refractivity contribution in [1.82, 2.24) is 10.2 Å². The Kier molecular flexibility index (Phi) is 5.08. The van der Waals surface area contributed by atoms with E-state index in [1.165, 1.54) is 32.1 Å². The number of likely N-dealkylation sites (N-methyl/N-ethyl adjacent to an activating group) is 1. The van der Waals surface area contributed by atoms with Crippen LogP contribution in [-0.2, 0) is 4.79 Å². The Morgan fingerprint density at radius 3 is 2.30 bits per heavy atom. The third-order valence-corrected chi connectivity index (χ3v) is 4.90. The Balaban J connectivity index is 2.07. The van der Waals surface area contributed by atoms with Gasteiger partial charge in [0.05, 0.1) is 0 Å². The minimum absolute atomic E-state index is 0.200. The molecule has 1 atom stereocenters. The van der Waals surface area contributed by atoms with Gasteiger partial charge in [0.25, 0.3) is 0 Å². The quantitative estimate of drug-likeness (QED) is 0.753. The largest absolute Gasteiger partial charge is 0.480 e. The third kappa shape index (κ3) is 3.53. The van der Waals surface area contributed by atoms with E-state index in [1.807, 2.05) is 13.8 Å². The summed E-state index contributed by atoms with van der Waals surface area (Å²) in [6.45, 7) is 4.72. The zero-order valence-electron chi connectivity index (χ0n) is 13.2. The summed E-state index contributed by atoms with van der Waals surface area (Å²) in [4.78, 5) is 14.3. The molecule has 2 aliphatic rings. The topological polar surface area (TPSA) is 52.6 Å². The second-order valence-electron chi connectivity index (χ2n) is 7.06. The van der Waals surface area contributed by atoms with Crippen LogP contribution in [0, 0.1) is 5.92 Å². The van der Waals surface area contributed by atoms with Gasteiger partial charge in [-0.15, -0.1) is 0 Å². The van der Waals surface area contributed by atoms with Crippen molar-refractivity contribution in [3.05, 3.63) is 0 Å². The predicted molar refractivity (Wildman–Crippen MR) is 80.9 cm³/mol. The molecule has 0 saturated heterocycles. The Hall–Kier alpha value is -0.610. The van der Waals surface area contributed by atoms with Crippen molar-refractivity contribution in [3.63, 3.8) is 0 Å². The molecule has 116 valence electrons. The van der Waals surface area contributed by atoms with Crippen LogP contribution < -0.4 is 5.32 Å². The summed E-state index contributed by atoms with van der Waals surface area (Å²) >= 11 is 0. The van der Waals surface area contributed by atoms with Gasteiger partial charge in [-0.1, -0.05) is 19.3 Å². The lowest BCUT2D eigenvalue weighted by atomic mass is 9.88. The molecule has 2 aliphatic carbocycles. The molecule has 0 amide bonds. The molecule has 0 aromatic carbocycles. The number of carboxylic acid groups (broad SMARTS) is 1. The lowest BCUT2D eigenvalue weighted by Gasteiger charge is -2.40. The van der Waals surface area contributed by atoms with Crippen LogP contribution in [-0.4, -0.2) is 47.2 Å². The van der Waals surface area contributed by atoms with Gasteiger partial charge < -0.3 is 10.0 Å². The molecule has 2 N–H and O–H groups in total. The molecule has 0 bridgehead atoms. The molecular formula is C16H30N2O2. The van der Waals surface area contributed by atoms with Gasteiger partial charge >= 0.3 is 5.97 Å². The summed E-state index contributed by atoms with van der Waals surface area (Å²) in [5, 5.41) is 13.2. The van der Waals surface area contributed by atoms with Crippen molar-refractivity contribution in [3.8, 4) is 0 Å². The lowest BCUT2D eigenvalue weighted by Crippen LogP contribution is -2.63. The van der Waals surface area contributed by atoms with Gasteiger partial charge in [0.2, 0.25) is 0 Å². The van der Waals surface area contributed by atoms with Gasteiger partial charge in [-0.2, -0.15) is 0 Å². The van der Waals surface area contributed by atoms with E-state index in [1.54, 1.807) is 0 Å². The molecular weight excluding hydrogens is 252 g/mol. The Bertz CT molecular complexity index is 335. The molecule has 0 spiro atoms. The van der Waals surface area contributed by atoms with Crippen LogP contribution >= 0.6 is 0 Å². The highest BCUT2D eigenvalue weighted by molar-refractivity contribution is 5.80. The Morgan fingerprint density at radius 1 is 1.25 bits per heavy atom. The maximum atomic E-state index is 12.0. The number of nitrogens with one attached hydrogen (secondary N) is 1. The van der Waals surface area contributed by atoms with Crippen LogP contribution in [0.3, 0.4) is 0 Å². The van der Waals surface area contributed by atoms with Crippen molar-refractivity contribution in [2.75, 3.05) is 13.6 Å². The molecule has 0 aliphatic heterocycles. The molecule has 0 radical (unpaired) electrons. The van der Waals surface area contributed by atoms with E-state index in [2.05, 4.69) is 17.3 Å². The number of carboxylic acids is 1. The van der Waals surface area contributed by atoms with E-state index < -0.39 is 11.5 Å². The lowest BCUT2D eigenvalue weighted by molar-refractivity contribution is -0.147. The molecule has 0 aromatic heterocycles. The fourth-order valence-corrected chi connectivity index (χ4v) is 3.73. The average molecular weight is 282 g/mol. The highest BCUT2D eigenvalue weighted by Crippen LogP contribution is 2.41. The first-order valence-corrected chi connectivity index (χ1v) is 8.17. The maximum Gasteiger partial charge on any atom is 0.325 e. The summed E-state index contributed by atoms with van der Waals surface area (Å²) in [5.41, 5.74) is -0.750. The van der Waals surface area contributed by atoms with Gasteiger partial charge in [-0.3, -0.25) is 10.1 Å². The normalized spacial score (nSPS) is 24.1. The van der Waals surface area contributed by atoms with E-state index in [0.29, 0.717) is 18.5 Å². The van der Waals surface area contributed by atoms with E-state index >= 15 is 0 Å². The first-order chi connectivity index (χ1) is 9.45. The van der Waals surface area contributed by atoms with Gasteiger partial charge in [-0.25, -0.2) is 0 Å². The van der Waals surface area contributed by atoms with Crippen LogP contribution in [0.25, 0.3) is 0 Å². The number of hydrogen-bond acceptors (Lipinski definition) is 3. The van der Waals surface area contributed by atoms with Gasteiger partial charge in [0.1, 0.15) is 5.54 Å². The monoisotopic (exact) mass is 282 g/mol. The summed E-state index contributed by atoms with van der Waals surface area (Å²) in [5.74, 6) is -0.371. The van der Waals surface area contributed by atoms with Crippen LogP contribution in [0.2, 0.25) is 0 Å². The number of carbonyl (C=O) groups is 1. The fourth-order valence-electron chi connectivity index (χ4n) is 3.73. The summed E-state index contributed by atoms with van der Waals surface area (Å²) in [6.07, 6.45) is 8.44. The van der Waals surface area contributed by atoms with Crippen molar-refractivity contribution < 1.29 is 9.90 Å². The summed E-state index contributed by atoms with van der Waals surface area (Å²) in [7, 11) is 2.11. The molecule has 2 rings (SSSR count). The van der Waals surface area contributed by atoms with E-state index in [0.717, 1.165) is 12.8 Å². The first kappa shape index (κ1) is 15.8. The van der Waals surface area contributed by atoms with Crippen molar-refractivity contribution in [1.29, 1.82) is 0 Å². The molecule has 0 aromatic rings. The molecule has 4 heteroatoms. The predicted octanol–water partition coefficient (Wildman–Crippen LogP) is 2.48. The zero-order chi connectivity index (χ0) is 14.8. The molecule has 1 unspecified atom stereocenters. The highest BCUT2D eigenvalue weighted by atomic mass is 16.4. The van der Waals surface area contributed by atoms with Crippen molar-refractivity contribution in [2.45, 2.75) is 76.4 Å². The number of nitrogens with zero attached hydrogens (tertiary/aromatic N) is 1. The SMILES string of the molecule is CC(C)NC(CN(C)C1CCCCC1)(C(=O)O)C1CC1. The van der Waals surface area contributed by atoms with Crippen molar-refractivity contribution in [2.24, 2.45) is 5.92 Å². The maximum absolute atomic E-state index is 12.0. The smallest absolute Gasteiger partial charge is 0.325 e. The molecule has 4 nitrogen and oxygen atoms in total. The average Bonchev–Trinajstić information content (AvgIpc) is 3.22. The molecule has 0 heterocycles. The van der Waals surface area contributed by atoms with Crippen LogP contribution in [0.15, 0.2) is 0 Å². The van der Waals surface area contributed by atoms with Crippen LogP contribution in [0.4, 0.5) is 0 Å².